The van der Waals surface area contributed by atoms with E-state index in [-0.39, 0.29) is 6.54 Å². The number of hydrogen-bond acceptors (Lipinski definition) is 4. The van der Waals surface area contributed by atoms with Crippen LogP contribution in [-0.2, 0) is 10.3 Å². The van der Waals surface area contributed by atoms with Crippen molar-refractivity contribution in [3.8, 4) is 0 Å². The van der Waals surface area contributed by atoms with Gasteiger partial charge in [0.1, 0.15) is 5.60 Å². The Bertz CT molecular complexity index is 387. The lowest BCUT2D eigenvalue weighted by atomic mass is 9.91. The smallest absolute Gasteiger partial charge is 0.103 e. The van der Waals surface area contributed by atoms with Crippen LogP contribution < -0.4 is 5.73 Å². The molecule has 4 heteroatoms. The van der Waals surface area contributed by atoms with Crippen LogP contribution in [0.25, 0.3) is 0 Å². The Kier molecular flexibility index (Phi) is 5.28. The topological polar surface area (TPSA) is 55.5 Å². The molecule has 1 heterocycles. The number of nitrogens with two attached hydrogens (primary N) is 1. The predicted molar refractivity (Wildman–Crippen MR) is 80.3 cm³/mol. The quantitative estimate of drug-likeness (QED) is 0.839. The highest BCUT2D eigenvalue weighted by Gasteiger charge is 2.29. The number of aliphatic hydroxyl groups is 1. The molecule has 0 aliphatic carbocycles. The molecule has 1 aliphatic heterocycles. The van der Waals surface area contributed by atoms with Crippen LogP contribution in [0.15, 0.2) is 30.3 Å². The zero-order valence-electron chi connectivity index (χ0n) is 11.4. The van der Waals surface area contributed by atoms with Gasteiger partial charge in [-0.15, -0.1) is 0 Å². The van der Waals surface area contributed by atoms with Gasteiger partial charge in [-0.2, -0.15) is 11.8 Å². The van der Waals surface area contributed by atoms with E-state index in [1.165, 1.54) is 0 Å². The van der Waals surface area contributed by atoms with Crippen LogP contribution in [0.3, 0.4) is 0 Å². The Morgan fingerprint density at radius 1 is 1.42 bits per heavy atom. The summed E-state index contributed by atoms with van der Waals surface area (Å²) >= 11 is 1.89. The molecule has 0 bridgehead atoms. The second-order valence-electron chi connectivity index (χ2n) is 5.13. The maximum atomic E-state index is 10.7. The summed E-state index contributed by atoms with van der Waals surface area (Å²) in [5.74, 6) is 0.904. The van der Waals surface area contributed by atoms with Crippen molar-refractivity contribution >= 4 is 11.8 Å². The van der Waals surface area contributed by atoms with Gasteiger partial charge in [0.25, 0.3) is 0 Å². The van der Waals surface area contributed by atoms with E-state index in [2.05, 4.69) is 6.92 Å². The highest BCUT2D eigenvalue weighted by atomic mass is 32.2. The summed E-state index contributed by atoms with van der Waals surface area (Å²) in [4.78, 5) is 0. The van der Waals surface area contributed by atoms with Crippen LogP contribution >= 0.6 is 11.8 Å². The van der Waals surface area contributed by atoms with Crippen molar-refractivity contribution < 1.29 is 9.84 Å². The minimum atomic E-state index is -0.906. The Morgan fingerprint density at radius 3 is 2.74 bits per heavy atom. The number of benzene rings is 1. The van der Waals surface area contributed by atoms with Crippen molar-refractivity contribution in [3.05, 3.63) is 35.9 Å². The fourth-order valence-electron chi connectivity index (χ4n) is 2.42. The highest BCUT2D eigenvalue weighted by molar-refractivity contribution is 7.99. The van der Waals surface area contributed by atoms with Gasteiger partial charge >= 0.3 is 0 Å². The van der Waals surface area contributed by atoms with E-state index < -0.39 is 5.60 Å². The first-order valence-electron chi connectivity index (χ1n) is 6.87. The molecule has 1 aliphatic rings. The lowest BCUT2D eigenvalue weighted by molar-refractivity contribution is 0.0430. The average Bonchev–Trinajstić information content (AvgIpc) is 2.85. The van der Waals surface area contributed by atoms with Gasteiger partial charge in [0.15, 0.2) is 0 Å². The molecule has 1 aromatic carbocycles. The molecule has 2 rings (SSSR count). The molecule has 3 atom stereocenters. The van der Waals surface area contributed by atoms with Crippen LogP contribution in [0.5, 0.6) is 0 Å². The fourth-order valence-corrected chi connectivity index (χ4v) is 3.79. The van der Waals surface area contributed by atoms with Gasteiger partial charge < -0.3 is 15.6 Å². The molecule has 106 valence electrons. The zero-order chi connectivity index (χ0) is 13.7. The van der Waals surface area contributed by atoms with Crippen LogP contribution in [0.1, 0.15) is 25.3 Å². The third-order valence-corrected chi connectivity index (χ3v) is 5.29. The molecular formula is C15H23NO2S. The molecular weight excluding hydrogens is 258 g/mol. The Morgan fingerprint density at radius 2 is 2.16 bits per heavy atom. The monoisotopic (exact) mass is 281 g/mol. The largest absolute Gasteiger partial charge is 0.384 e. The van der Waals surface area contributed by atoms with Crippen LogP contribution in [0, 0.1) is 0 Å². The van der Waals surface area contributed by atoms with Gasteiger partial charge in [-0.3, -0.25) is 0 Å². The molecule has 19 heavy (non-hydrogen) atoms. The van der Waals surface area contributed by atoms with E-state index >= 15 is 0 Å². The van der Waals surface area contributed by atoms with E-state index in [0.29, 0.717) is 17.8 Å². The van der Waals surface area contributed by atoms with Crippen molar-refractivity contribution in [3.63, 3.8) is 0 Å². The first kappa shape index (κ1) is 14.9. The number of hydrogen-bond donors (Lipinski definition) is 2. The SMILES string of the molecule is CC1OCCC1SCCC(O)(CN)c1ccccc1. The summed E-state index contributed by atoms with van der Waals surface area (Å²) in [6, 6.07) is 9.72. The molecule has 0 radical (unpaired) electrons. The van der Waals surface area contributed by atoms with Crippen LogP contribution in [0.2, 0.25) is 0 Å². The normalized spacial score (nSPS) is 26.3. The summed E-state index contributed by atoms with van der Waals surface area (Å²) in [5, 5.41) is 11.2. The van der Waals surface area contributed by atoms with Gasteiger partial charge in [-0.25, -0.2) is 0 Å². The average molecular weight is 281 g/mol. The summed E-state index contributed by atoms with van der Waals surface area (Å²) in [5.41, 5.74) is 5.78. The zero-order valence-corrected chi connectivity index (χ0v) is 12.2. The number of thioether (sulfide) groups is 1. The summed E-state index contributed by atoms with van der Waals surface area (Å²) in [6.07, 6.45) is 2.12. The second kappa shape index (κ2) is 6.75. The third-order valence-electron chi connectivity index (χ3n) is 3.80. The molecule has 0 amide bonds. The van der Waals surface area contributed by atoms with Gasteiger partial charge in [0, 0.05) is 18.4 Å². The summed E-state index contributed by atoms with van der Waals surface area (Å²) < 4.78 is 5.55. The molecule has 3 N–H and O–H groups in total. The standard InChI is InChI=1S/C15H23NO2S/c1-12-14(7-9-18-12)19-10-8-15(17,11-16)13-5-3-2-4-6-13/h2-6,12,14,17H,7-11,16H2,1H3. The number of ether oxygens (including phenoxy) is 1. The van der Waals surface area contributed by atoms with E-state index in [4.69, 9.17) is 10.5 Å². The minimum Gasteiger partial charge on any atom is -0.384 e. The molecule has 3 unspecified atom stereocenters. The summed E-state index contributed by atoms with van der Waals surface area (Å²) in [6.45, 7) is 3.24. The van der Waals surface area contributed by atoms with Crippen molar-refractivity contribution in [1.82, 2.24) is 0 Å². The molecule has 3 nitrogen and oxygen atoms in total. The second-order valence-corrected chi connectivity index (χ2v) is 6.47. The van der Waals surface area contributed by atoms with Crippen molar-refractivity contribution in [2.45, 2.75) is 36.7 Å². The first-order chi connectivity index (χ1) is 9.15. The number of rotatable bonds is 6. The van der Waals surface area contributed by atoms with E-state index in [1.807, 2.05) is 42.1 Å². The van der Waals surface area contributed by atoms with Gasteiger partial charge in [-0.05, 0) is 31.1 Å². The molecule has 1 fully saturated rings. The van der Waals surface area contributed by atoms with E-state index in [0.717, 1.165) is 24.3 Å². The van der Waals surface area contributed by atoms with E-state index in [1.54, 1.807) is 0 Å². The lowest BCUT2D eigenvalue weighted by Gasteiger charge is -2.27. The third kappa shape index (κ3) is 3.72. The van der Waals surface area contributed by atoms with Gasteiger partial charge in [-0.1, -0.05) is 30.3 Å². The maximum Gasteiger partial charge on any atom is 0.103 e. The molecule has 0 aromatic heterocycles. The first-order valence-corrected chi connectivity index (χ1v) is 7.92. The fraction of sp³-hybridized carbons (Fsp3) is 0.600. The lowest BCUT2D eigenvalue weighted by Crippen LogP contribution is -2.35. The molecule has 0 saturated carbocycles. The van der Waals surface area contributed by atoms with Gasteiger partial charge in [0.05, 0.1) is 6.10 Å². The van der Waals surface area contributed by atoms with Crippen molar-refractivity contribution in [2.75, 3.05) is 18.9 Å². The predicted octanol–water partition coefficient (Wildman–Crippen LogP) is 2.13. The van der Waals surface area contributed by atoms with Crippen LogP contribution in [-0.4, -0.2) is 35.4 Å². The summed E-state index contributed by atoms with van der Waals surface area (Å²) in [7, 11) is 0. The Hall–Kier alpha value is -0.550. The maximum absolute atomic E-state index is 10.7. The highest BCUT2D eigenvalue weighted by Crippen LogP contribution is 2.31. The Labute approximate surface area is 119 Å². The molecule has 0 spiro atoms. The van der Waals surface area contributed by atoms with Crippen LogP contribution in [0.4, 0.5) is 0 Å². The Balaban J connectivity index is 1.88. The van der Waals surface area contributed by atoms with Gasteiger partial charge in [0.2, 0.25) is 0 Å². The van der Waals surface area contributed by atoms with Crippen molar-refractivity contribution in [2.24, 2.45) is 5.73 Å². The van der Waals surface area contributed by atoms with Crippen molar-refractivity contribution in [1.29, 1.82) is 0 Å². The minimum absolute atomic E-state index is 0.258. The van der Waals surface area contributed by atoms with E-state index in [9.17, 15) is 5.11 Å². The molecule has 1 saturated heterocycles. The molecule has 1 aromatic rings.